The van der Waals surface area contributed by atoms with E-state index >= 15 is 0 Å². The molecule has 0 saturated carbocycles. The monoisotopic (exact) mass is 226 g/mol. The Labute approximate surface area is 96.4 Å². The van der Waals surface area contributed by atoms with Crippen molar-refractivity contribution < 1.29 is 4.42 Å². The van der Waals surface area contributed by atoms with Gasteiger partial charge in [0.05, 0.1) is 10.8 Å². The SMILES string of the molecule is Nc1ccc2c(=O)c3ccc(N)cc3oc2c1. The summed E-state index contributed by atoms with van der Waals surface area (Å²) in [6, 6.07) is 9.99. The topological polar surface area (TPSA) is 82.2 Å². The van der Waals surface area contributed by atoms with E-state index in [-0.39, 0.29) is 5.43 Å². The van der Waals surface area contributed by atoms with E-state index in [1.807, 2.05) is 0 Å². The standard InChI is InChI=1S/C13H10N2O2/c14-7-1-3-9-11(5-7)17-12-6-8(15)2-4-10(12)13(9)16/h1-6H,14-15H2. The first-order valence-corrected chi connectivity index (χ1v) is 5.17. The summed E-state index contributed by atoms with van der Waals surface area (Å²) in [5.74, 6) is 0. The van der Waals surface area contributed by atoms with Crippen LogP contribution in [0.2, 0.25) is 0 Å². The maximum absolute atomic E-state index is 12.2. The van der Waals surface area contributed by atoms with Crippen molar-refractivity contribution in [2.75, 3.05) is 11.5 Å². The van der Waals surface area contributed by atoms with Gasteiger partial charge in [-0.05, 0) is 24.3 Å². The van der Waals surface area contributed by atoms with E-state index in [2.05, 4.69) is 0 Å². The van der Waals surface area contributed by atoms with E-state index in [4.69, 9.17) is 15.9 Å². The number of nitrogen functional groups attached to an aromatic ring is 2. The van der Waals surface area contributed by atoms with Crippen LogP contribution in [0.25, 0.3) is 21.9 Å². The van der Waals surface area contributed by atoms with Gasteiger partial charge < -0.3 is 15.9 Å². The molecule has 0 aliphatic carbocycles. The fourth-order valence-corrected chi connectivity index (χ4v) is 1.89. The molecule has 4 N–H and O–H groups in total. The second-order valence-corrected chi connectivity index (χ2v) is 3.94. The molecule has 3 rings (SSSR count). The highest BCUT2D eigenvalue weighted by molar-refractivity contribution is 5.91. The lowest BCUT2D eigenvalue weighted by molar-refractivity contribution is 0.660. The Morgan fingerprint density at radius 2 is 1.29 bits per heavy atom. The summed E-state index contributed by atoms with van der Waals surface area (Å²) in [6.07, 6.45) is 0. The Morgan fingerprint density at radius 1 is 0.824 bits per heavy atom. The molecule has 0 aliphatic rings. The normalized spacial score (nSPS) is 11.1. The average Bonchev–Trinajstić information content (AvgIpc) is 2.28. The molecule has 0 unspecified atom stereocenters. The van der Waals surface area contributed by atoms with E-state index in [0.29, 0.717) is 33.3 Å². The molecule has 0 fully saturated rings. The predicted octanol–water partition coefficient (Wildman–Crippen LogP) is 2.11. The first kappa shape index (κ1) is 9.72. The van der Waals surface area contributed by atoms with Crippen molar-refractivity contribution in [1.82, 2.24) is 0 Å². The number of hydrogen-bond donors (Lipinski definition) is 2. The quantitative estimate of drug-likeness (QED) is 0.454. The van der Waals surface area contributed by atoms with Crippen molar-refractivity contribution in [3.63, 3.8) is 0 Å². The molecule has 0 atom stereocenters. The molecule has 3 aromatic rings. The third-order valence-corrected chi connectivity index (χ3v) is 2.72. The molecule has 0 aliphatic heterocycles. The molecular formula is C13H10N2O2. The van der Waals surface area contributed by atoms with Crippen molar-refractivity contribution in [2.24, 2.45) is 0 Å². The molecule has 4 nitrogen and oxygen atoms in total. The first-order valence-electron chi connectivity index (χ1n) is 5.17. The molecule has 0 spiro atoms. The number of hydrogen-bond acceptors (Lipinski definition) is 4. The molecule has 0 bridgehead atoms. The van der Waals surface area contributed by atoms with Crippen LogP contribution in [0.5, 0.6) is 0 Å². The summed E-state index contributed by atoms with van der Waals surface area (Å²) < 4.78 is 5.63. The number of nitrogens with two attached hydrogens (primary N) is 2. The van der Waals surface area contributed by atoms with Crippen LogP contribution in [0.3, 0.4) is 0 Å². The van der Waals surface area contributed by atoms with Gasteiger partial charge in [0, 0.05) is 23.5 Å². The smallest absolute Gasteiger partial charge is 0.200 e. The van der Waals surface area contributed by atoms with Gasteiger partial charge in [0.1, 0.15) is 11.2 Å². The molecule has 1 heterocycles. The zero-order valence-corrected chi connectivity index (χ0v) is 8.94. The minimum absolute atomic E-state index is 0.0683. The van der Waals surface area contributed by atoms with Crippen molar-refractivity contribution in [3.05, 3.63) is 46.6 Å². The van der Waals surface area contributed by atoms with E-state index in [0.717, 1.165) is 0 Å². The summed E-state index contributed by atoms with van der Waals surface area (Å²) in [5.41, 5.74) is 13.3. The van der Waals surface area contributed by atoms with Gasteiger partial charge in [-0.25, -0.2) is 0 Å². The van der Waals surface area contributed by atoms with Crippen LogP contribution < -0.4 is 16.9 Å². The van der Waals surface area contributed by atoms with Gasteiger partial charge in [0.15, 0.2) is 0 Å². The van der Waals surface area contributed by atoms with Crippen LogP contribution >= 0.6 is 0 Å². The Kier molecular flexibility index (Phi) is 1.86. The minimum atomic E-state index is -0.0683. The molecule has 1 aromatic heterocycles. The zero-order valence-electron chi connectivity index (χ0n) is 8.94. The van der Waals surface area contributed by atoms with Gasteiger partial charge in [-0.3, -0.25) is 4.79 Å². The fourth-order valence-electron chi connectivity index (χ4n) is 1.89. The molecule has 2 aromatic carbocycles. The summed E-state index contributed by atoms with van der Waals surface area (Å²) in [7, 11) is 0. The number of rotatable bonds is 0. The van der Waals surface area contributed by atoms with Crippen LogP contribution in [-0.4, -0.2) is 0 Å². The van der Waals surface area contributed by atoms with Crippen LogP contribution in [-0.2, 0) is 0 Å². The molecule has 4 heteroatoms. The van der Waals surface area contributed by atoms with E-state index in [1.54, 1.807) is 36.4 Å². The lowest BCUT2D eigenvalue weighted by Gasteiger charge is -2.02. The summed E-state index contributed by atoms with van der Waals surface area (Å²) >= 11 is 0. The summed E-state index contributed by atoms with van der Waals surface area (Å²) in [5, 5.41) is 1.05. The summed E-state index contributed by atoms with van der Waals surface area (Å²) in [6.45, 7) is 0. The first-order chi connectivity index (χ1) is 8.15. The van der Waals surface area contributed by atoms with E-state index in [9.17, 15) is 4.79 Å². The third kappa shape index (κ3) is 1.42. The van der Waals surface area contributed by atoms with Crippen molar-refractivity contribution in [2.45, 2.75) is 0 Å². The zero-order chi connectivity index (χ0) is 12.0. The molecule has 84 valence electrons. The highest BCUT2D eigenvalue weighted by Crippen LogP contribution is 2.21. The second kappa shape index (κ2) is 3.25. The van der Waals surface area contributed by atoms with E-state index in [1.165, 1.54) is 0 Å². The predicted molar refractivity (Wildman–Crippen MR) is 68.8 cm³/mol. The van der Waals surface area contributed by atoms with Crippen molar-refractivity contribution in [3.8, 4) is 0 Å². The molecule has 0 saturated heterocycles. The molecular weight excluding hydrogens is 216 g/mol. The van der Waals surface area contributed by atoms with Gasteiger partial charge in [0.25, 0.3) is 0 Å². The van der Waals surface area contributed by atoms with Crippen LogP contribution in [0.4, 0.5) is 11.4 Å². The third-order valence-electron chi connectivity index (χ3n) is 2.72. The van der Waals surface area contributed by atoms with Gasteiger partial charge in [-0.1, -0.05) is 0 Å². The fraction of sp³-hybridized carbons (Fsp3) is 0. The van der Waals surface area contributed by atoms with Gasteiger partial charge in [0.2, 0.25) is 5.43 Å². The van der Waals surface area contributed by atoms with Gasteiger partial charge >= 0.3 is 0 Å². The Balaban J connectivity index is 2.57. The van der Waals surface area contributed by atoms with Crippen LogP contribution in [0.15, 0.2) is 45.6 Å². The minimum Gasteiger partial charge on any atom is -0.456 e. The van der Waals surface area contributed by atoms with Crippen LogP contribution in [0, 0.1) is 0 Å². The van der Waals surface area contributed by atoms with Gasteiger partial charge in [-0.15, -0.1) is 0 Å². The lowest BCUT2D eigenvalue weighted by Crippen LogP contribution is -2.02. The number of fused-ring (bicyclic) bond motifs is 2. The molecule has 0 radical (unpaired) electrons. The highest BCUT2D eigenvalue weighted by atomic mass is 16.3. The Morgan fingerprint density at radius 3 is 1.76 bits per heavy atom. The van der Waals surface area contributed by atoms with Crippen molar-refractivity contribution in [1.29, 1.82) is 0 Å². The van der Waals surface area contributed by atoms with E-state index < -0.39 is 0 Å². The molecule has 17 heavy (non-hydrogen) atoms. The highest BCUT2D eigenvalue weighted by Gasteiger charge is 2.07. The second-order valence-electron chi connectivity index (χ2n) is 3.94. The maximum atomic E-state index is 12.2. The lowest BCUT2D eigenvalue weighted by atomic mass is 10.1. The van der Waals surface area contributed by atoms with Crippen LogP contribution in [0.1, 0.15) is 0 Å². The Hall–Kier alpha value is -2.49. The number of anilines is 2. The van der Waals surface area contributed by atoms with Gasteiger partial charge in [-0.2, -0.15) is 0 Å². The average molecular weight is 226 g/mol. The van der Waals surface area contributed by atoms with Crippen molar-refractivity contribution >= 4 is 33.3 Å². The maximum Gasteiger partial charge on any atom is 0.200 e. The largest absolute Gasteiger partial charge is 0.456 e. The Bertz CT molecular complexity index is 727. The number of benzene rings is 2. The summed E-state index contributed by atoms with van der Waals surface area (Å²) in [4.78, 5) is 12.2. The molecule has 0 amide bonds.